The predicted octanol–water partition coefficient (Wildman–Crippen LogP) is 1.85. The molecule has 0 saturated carbocycles. The van der Waals surface area contributed by atoms with Crippen LogP contribution in [0.1, 0.15) is 5.56 Å². The Morgan fingerprint density at radius 3 is 2.26 bits per heavy atom. The van der Waals surface area contributed by atoms with Crippen LogP contribution in [0.4, 0.5) is 5.82 Å². The highest BCUT2D eigenvalue weighted by Gasteiger charge is 2.28. The number of nitrogens with zero attached hydrogens (tertiary/aromatic N) is 5. The van der Waals surface area contributed by atoms with E-state index in [1.165, 1.54) is 11.8 Å². The summed E-state index contributed by atoms with van der Waals surface area (Å²) in [6, 6.07) is 13.9. The number of anilines is 1. The molecule has 3 heterocycles. The number of benzene rings is 1. The molecule has 0 amide bonds. The molecule has 2 aliphatic rings. The number of rotatable bonds is 6. The molecule has 1 aromatic carbocycles. The lowest BCUT2D eigenvalue weighted by Gasteiger charge is -2.35. The van der Waals surface area contributed by atoms with Crippen molar-refractivity contribution < 1.29 is 8.42 Å². The van der Waals surface area contributed by atoms with E-state index in [1.54, 1.807) is 10.4 Å². The maximum Gasteiger partial charge on any atom is 0.244 e. The zero-order valence-corrected chi connectivity index (χ0v) is 18.9. The minimum atomic E-state index is -3.47. The second-order valence-electron chi connectivity index (χ2n) is 8.16. The van der Waals surface area contributed by atoms with Crippen LogP contribution in [0.25, 0.3) is 6.08 Å². The van der Waals surface area contributed by atoms with Gasteiger partial charge in [0.2, 0.25) is 10.0 Å². The van der Waals surface area contributed by atoms with Gasteiger partial charge in [-0.15, -0.1) is 0 Å². The monoisotopic (exact) mass is 441 g/mol. The number of sulfonamides is 1. The van der Waals surface area contributed by atoms with E-state index in [0.717, 1.165) is 51.6 Å². The summed E-state index contributed by atoms with van der Waals surface area (Å²) in [5.74, 6) is 0.844. The lowest BCUT2D eigenvalue weighted by Crippen LogP contribution is -2.47. The van der Waals surface area contributed by atoms with Crippen molar-refractivity contribution in [2.75, 3.05) is 70.9 Å². The SMILES string of the molecule is CN1CCN(S(=O)(=O)c2ccc(N3CCN(C/C=C/c4ccccc4)CC3)nc2)CC1. The van der Waals surface area contributed by atoms with Crippen LogP contribution >= 0.6 is 0 Å². The van der Waals surface area contributed by atoms with E-state index < -0.39 is 10.0 Å². The van der Waals surface area contributed by atoms with E-state index in [1.807, 2.05) is 31.3 Å². The fourth-order valence-electron chi connectivity index (χ4n) is 3.95. The average Bonchev–Trinajstić information content (AvgIpc) is 2.81. The maximum absolute atomic E-state index is 12.9. The van der Waals surface area contributed by atoms with E-state index in [9.17, 15) is 8.42 Å². The van der Waals surface area contributed by atoms with Gasteiger partial charge in [-0.05, 0) is 24.7 Å². The molecule has 2 saturated heterocycles. The number of hydrogen-bond donors (Lipinski definition) is 0. The van der Waals surface area contributed by atoms with Gasteiger partial charge in [-0.1, -0.05) is 42.5 Å². The van der Waals surface area contributed by atoms with Gasteiger partial charge < -0.3 is 9.80 Å². The highest BCUT2D eigenvalue weighted by Crippen LogP contribution is 2.20. The second kappa shape index (κ2) is 9.91. The quantitative estimate of drug-likeness (QED) is 0.682. The minimum absolute atomic E-state index is 0.283. The highest BCUT2D eigenvalue weighted by atomic mass is 32.2. The van der Waals surface area contributed by atoms with Crippen molar-refractivity contribution in [2.45, 2.75) is 4.90 Å². The second-order valence-corrected chi connectivity index (χ2v) is 10.1. The highest BCUT2D eigenvalue weighted by molar-refractivity contribution is 7.89. The third-order valence-corrected chi connectivity index (χ3v) is 7.87. The number of piperazine rings is 2. The van der Waals surface area contributed by atoms with Crippen molar-refractivity contribution in [3.05, 3.63) is 60.3 Å². The first-order valence-corrected chi connectivity index (χ1v) is 12.3. The summed E-state index contributed by atoms with van der Waals surface area (Å²) < 4.78 is 27.3. The molecule has 1 aromatic heterocycles. The van der Waals surface area contributed by atoms with E-state index in [2.05, 4.69) is 44.0 Å². The average molecular weight is 442 g/mol. The van der Waals surface area contributed by atoms with Crippen LogP contribution in [0, 0.1) is 0 Å². The van der Waals surface area contributed by atoms with Crippen molar-refractivity contribution in [3.63, 3.8) is 0 Å². The molecule has 0 bridgehead atoms. The predicted molar refractivity (Wildman–Crippen MR) is 125 cm³/mol. The Hall–Kier alpha value is -2.26. The van der Waals surface area contributed by atoms with Crippen molar-refractivity contribution in [2.24, 2.45) is 0 Å². The van der Waals surface area contributed by atoms with Gasteiger partial charge in [0.15, 0.2) is 0 Å². The van der Waals surface area contributed by atoms with E-state index >= 15 is 0 Å². The molecule has 8 heteroatoms. The molecule has 0 aliphatic carbocycles. The summed E-state index contributed by atoms with van der Waals surface area (Å²) in [5.41, 5.74) is 1.22. The zero-order chi connectivity index (χ0) is 21.7. The smallest absolute Gasteiger partial charge is 0.244 e. The molecule has 2 aliphatic heterocycles. The summed E-state index contributed by atoms with van der Waals surface area (Å²) in [4.78, 5) is 11.6. The van der Waals surface area contributed by atoms with Gasteiger partial charge in [0.05, 0.1) is 0 Å². The van der Waals surface area contributed by atoms with Crippen molar-refractivity contribution >= 4 is 21.9 Å². The molecule has 0 N–H and O–H groups in total. The summed E-state index contributed by atoms with van der Waals surface area (Å²) >= 11 is 0. The summed E-state index contributed by atoms with van der Waals surface area (Å²) in [6.45, 7) is 7.20. The Bertz CT molecular complexity index is 963. The Morgan fingerprint density at radius 2 is 1.61 bits per heavy atom. The van der Waals surface area contributed by atoms with Gasteiger partial charge in [0.25, 0.3) is 0 Å². The third kappa shape index (κ3) is 5.51. The topological polar surface area (TPSA) is 60.0 Å². The van der Waals surface area contributed by atoms with Crippen LogP contribution < -0.4 is 4.90 Å². The van der Waals surface area contributed by atoms with E-state index in [4.69, 9.17) is 0 Å². The zero-order valence-electron chi connectivity index (χ0n) is 18.1. The van der Waals surface area contributed by atoms with Crippen LogP contribution in [0.5, 0.6) is 0 Å². The number of aromatic nitrogens is 1. The molecule has 2 fully saturated rings. The number of hydrogen-bond acceptors (Lipinski definition) is 6. The van der Waals surface area contributed by atoms with Gasteiger partial charge in [-0.25, -0.2) is 13.4 Å². The first kappa shape index (κ1) is 22.0. The minimum Gasteiger partial charge on any atom is -0.354 e. The van der Waals surface area contributed by atoms with Gasteiger partial charge in [0, 0.05) is 65.1 Å². The van der Waals surface area contributed by atoms with Gasteiger partial charge in [-0.2, -0.15) is 4.31 Å². The molecular weight excluding hydrogens is 410 g/mol. The largest absolute Gasteiger partial charge is 0.354 e. The molecule has 4 rings (SSSR count). The number of likely N-dealkylation sites (N-methyl/N-ethyl adjacent to an activating group) is 1. The normalized spacial score (nSPS) is 19.8. The molecule has 0 radical (unpaired) electrons. The lowest BCUT2D eigenvalue weighted by atomic mass is 10.2. The summed E-state index contributed by atoms with van der Waals surface area (Å²) in [6.07, 6.45) is 5.88. The van der Waals surface area contributed by atoms with Gasteiger partial charge in [-0.3, -0.25) is 4.90 Å². The lowest BCUT2D eigenvalue weighted by molar-refractivity contribution is 0.222. The molecule has 2 aromatic rings. The summed E-state index contributed by atoms with van der Waals surface area (Å²) in [5, 5.41) is 0. The van der Waals surface area contributed by atoms with Crippen molar-refractivity contribution in [1.29, 1.82) is 0 Å². The van der Waals surface area contributed by atoms with E-state index in [0.29, 0.717) is 13.1 Å². The first-order chi connectivity index (χ1) is 15.0. The molecule has 7 nitrogen and oxygen atoms in total. The maximum atomic E-state index is 12.9. The Morgan fingerprint density at radius 1 is 0.903 bits per heavy atom. The van der Waals surface area contributed by atoms with Crippen LogP contribution in [-0.2, 0) is 10.0 Å². The fraction of sp³-hybridized carbons (Fsp3) is 0.435. The Kier molecular flexibility index (Phi) is 7.02. The number of pyridine rings is 1. The Labute approximate surface area is 185 Å². The van der Waals surface area contributed by atoms with Crippen LogP contribution in [0.15, 0.2) is 59.6 Å². The standard InChI is InChI=1S/C23H31N5O2S/c1-25-12-18-28(19-13-25)31(29,30)22-9-10-23(24-20-22)27-16-14-26(15-17-27)11-5-8-21-6-3-2-4-7-21/h2-10,20H,11-19H2,1H3/b8-5+. The first-order valence-electron chi connectivity index (χ1n) is 10.9. The van der Waals surface area contributed by atoms with E-state index in [-0.39, 0.29) is 4.90 Å². The molecule has 0 unspecified atom stereocenters. The van der Waals surface area contributed by atoms with Crippen molar-refractivity contribution in [1.82, 2.24) is 19.1 Å². The van der Waals surface area contributed by atoms with Crippen LogP contribution in [0.2, 0.25) is 0 Å². The van der Waals surface area contributed by atoms with Crippen molar-refractivity contribution in [3.8, 4) is 0 Å². The molecule has 0 spiro atoms. The molecule has 166 valence electrons. The van der Waals surface area contributed by atoms with Gasteiger partial charge >= 0.3 is 0 Å². The summed E-state index contributed by atoms with van der Waals surface area (Å²) in [7, 11) is -1.45. The fourth-order valence-corrected chi connectivity index (χ4v) is 5.32. The van der Waals surface area contributed by atoms with Crippen LogP contribution in [0.3, 0.4) is 0 Å². The molecule has 0 atom stereocenters. The van der Waals surface area contributed by atoms with Gasteiger partial charge in [0.1, 0.15) is 10.7 Å². The van der Waals surface area contributed by atoms with Crippen LogP contribution in [-0.4, -0.2) is 93.5 Å². The third-order valence-electron chi connectivity index (χ3n) is 5.99. The molecule has 31 heavy (non-hydrogen) atoms. The Balaban J connectivity index is 1.29. The molecular formula is C23H31N5O2S.